The Bertz CT molecular complexity index is 1120. The molecular formula is C20H17FN4O2. The molecule has 3 heterocycles. The van der Waals surface area contributed by atoms with E-state index in [1.165, 1.54) is 6.07 Å². The van der Waals surface area contributed by atoms with E-state index in [0.717, 1.165) is 40.4 Å². The fourth-order valence-electron chi connectivity index (χ4n) is 3.53. The van der Waals surface area contributed by atoms with Gasteiger partial charge in [-0.3, -0.25) is 5.10 Å². The zero-order valence-electron chi connectivity index (χ0n) is 14.6. The van der Waals surface area contributed by atoms with Gasteiger partial charge in [0.1, 0.15) is 28.7 Å². The molecule has 0 saturated heterocycles. The summed E-state index contributed by atoms with van der Waals surface area (Å²) >= 11 is 0. The van der Waals surface area contributed by atoms with E-state index in [1.807, 2.05) is 24.3 Å². The number of benzene rings is 2. The molecule has 2 aromatic carbocycles. The lowest BCUT2D eigenvalue weighted by molar-refractivity contribution is 0.257. The molecule has 1 aliphatic rings. The molecule has 0 radical (unpaired) electrons. The van der Waals surface area contributed by atoms with Gasteiger partial charge in [0.25, 0.3) is 0 Å². The molecule has 136 valence electrons. The predicted octanol–water partition coefficient (Wildman–Crippen LogP) is 3.82. The van der Waals surface area contributed by atoms with E-state index in [2.05, 4.69) is 20.2 Å². The van der Waals surface area contributed by atoms with Crippen molar-refractivity contribution in [2.24, 2.45) is 0 Å². The third-order valence-corrected chi connectivity index (χ3v) is 4.96. The van der Waals surface area contributed by atoms with Gasteiger partial charge >= 0.3 is 0 Å². The highest BCUT2D eigenvalue weighted by Crippen LogP contribution is 2.35. The molecule has 0 fully saturated rings. The number of halogens is 1. The maximum atomic E-state index is 14.6. The number of ether oxygens (including phenoxy) is 2. The Morgan fingerprint density at radius 1 is 1.22 bits per heavy atom. The third kappa shape index (κ3) is 2.71. The van der Waals surface area contributed by atoms with Crippen LogP contribution in [0.15, 0.2) is 42.7 Å². The monoisotopic (exact) mass is 364 g/mol. The van der Waals surface area contributed by atoms with E-state index in [0.29, 0.717) is 17.6 Å². The Morgan fingerprint density at radius 2 is 2.15 bits per heavy atom. The second-order valence-electron chi connectivity index (χ2n) is 6.65. The average molecular weight is 364 g/mol. The Labute approximate surface area is 154 Å². The van der Waals surface area contributed by atoms with Gasteiger partial charge in [-0.25, -0.2) is 9.37 Å². The van der Waals surface area contributed by atoms with E-state index < -0.39 is 0 Å². The number of H-pyrrole nitrogens is 2. The van der Waals surface area contributed by atoms with Crippen molar-refractivity contribution in [2.45, 2.75) is 12.3 Å². The molecule has 27 heavy (non-hydrogen) atoms. The largest absolute Gasteiger partial charge is 0.497 e. The van der Waals surface area contributed by atoms with E-state index in [4.69, 9.17) is 9.47 Å². The minimum atomic E-state index is -0.332. The first-order valence-corrected chi connectivity index (χ1v) is 8.69. The molecule has 0 amide bonds. The van der Waals surface area contributed by atoms with Crippen molar-refractivity contribution in [2.75, 3.05) is 13.7 Å². The molecule has 6 nitrogen and oxygen atoms in total. The molecule has 7 heteroatoms. The Hall–Kier alpha value is -3.35. The highest BCUT2D eigenvalue weighted by molar-refractivity contribution is 5.82. The smallest absolute Gasteiger partial charge is 0.149 e. The van der Waals surface area contributed by atoms with Crippen LogP contribution in [-0.2, 0) is 6.42 Å². The molecule has 1 aliphatic heterocycles. The van der Waals surface area contributed by atoms with Crippen LogP contribution >= 0.6 is 0 Å². The lowest BCUT2D eigenvalue weighted by Crippen LogP contribution is -2.20. The molecule has 0 bridgehead atoms. The maximum absolute atomic E-state index is 14.6. The van der Waals surface area contributed by atoms with Crippen molar-refractivity contribution in [3.8, 4) is 22.6 Å². The summed E-state index contributed by atoms with van der Waals surface area (Å²) in [5.74, 6) is 2.06. The standard InChI is InChI=1S/C20H17FN4O2/c1-26-15-2-3-18-12(5-15)4-13(10-27-18)20-24-17-7-11(14-8-22-23-9-14)6-16(21)19(17)25-20/h2-3,5-9,13H,4,10H2,1H3,(H,22,23)(H,24,25). The van der Waals surface area contributed by atoms with E-state index in [1.54, 1.807) is 19.5 Å². The highest BCUT2D eigenvalue weighted by Gasteiger charge is 2.25. The number of aromatic nitrogens is 4. The Kier molecular flexibility index (Phi) is 3.60. The summed E-state index contributed by atoms with van der Waals surface area (Å²) < 4.78 is 25.8. The van der Waals surface area contributed by atoms with Crippen LogP contribution in [0, 0.1) is 5.82 Å². The van der Waals surface area contributed by atoms with Crippen molar-refractivity contribution >= 4 is 11.0 Å². The van der Waals surface area contributed by atoms with Crippen LogP contribution < -0.4 is 9.47 Å². The molecular weight excluding hydrogens is 347 g/mol. The zero-order chi connectivity index (χ0) is 18.4. The van der Waals surface area contributed by atoms with Crippen LogP contribution in [0.3, 0.4) is 0 Å². The van der Waals surface area contributed by atoms with Gasteiger partial charge in [-0.2, -0.15) is 5.10 Å². The molecule has 1 atom stereocenters. The second-order valence-corrected chi connectivity index (χ2v) is 6.65. The Balaban J connectivity index is 1.51. The summed E-state index contributed by atoms with van der Waals surface area (Å²) in [6.07, 6.45) is 4.14. The lowest BCUT2D eigenvalue weighted by atomic mass is 9.96. The minimum Gasteiger partial charge on any atom is -0.497 e. The van der Waals surface area contributed by atoms with Gasteiger partial charge in [0.2, 0.25) is 0 Å². The van der Waals surface area contributed by atoms with Crippen molar-refractivity contribution < 1.29 is 13.9 Å². The SMILES string of the molecule is COc1ccc2c(c1)CC(c1nc3cc(-c4cn[nH]c4)cc(F)c3[nH]1)CO2. The van der Waals surface area contributed by atoms with Gasteiger partial charge in [-0.05, 0) is 47.9 Å². The predicted molar refractivity (Wildman–Crippen MR) is 98.6 cm³/mol. The fourth-order valence-corrected chi connectivity index (χ4v) is 3.53. The highest BCUT2D eigenvalue weighted by atomic mass is 19.1. The number of hydrogen-bond acceptors (Lipinski definition) is 4. The fraction of sp³-hybridized carbons (Fsp3) is 0.200. The van der Waals surface area contributed by atoms with Crippen LogP contribution in [0.1, 0.15) is 17.3 Å². The van der Waals surface area contributed by atoms with E-state index in [-0.39, 0.29) is 11.7 Å². The van der Waals surface area contributed by atoms with E-state index >= 15 is 0 Å². The molecule has 0 aliphatic carbocycles. The number of aromatic amines is 2. The maximum Gasteiger partial charge on any atom is 0.149 e. The molecule has 5 rings (SSSR count). The number of fused-ring (bicyclic) bond motifs is 2. The molecule has 2 aromatic heterocycles. The number of methoxy groups -OCH3 is 1. The third-order valence-electron chi connectivity index (χ3n) is 4.96. The van der Waals surface area contributed by atoms with Crippen molar-refractivity contribution in [1.29, 1.82) is 0 Å². The summed E-state index contributed by atoms with van der Waals surface area (Å²) in [6, 6.07) is 9.13. The van der Waals surface area contributed by atoms with Crippen LogP contribution in [0.2, 0.25) is 0 Å². The topological polar surface area (TPSA) is 75.8 Å². The first-order chi connectivity index (χ1) is 13.2. The first-order valence-electron chi connectivity index (χ1n) is 8.69. The number of hydrogen-bond donors (Lipinski definition) is 2. The minimum absolute atomic E-state index is 0.0220. The Morgan fingerprint density at radius 3 is 2.96 bits per heavy atom. The molecule has 0 spiro atoms. The van der Waals surface area contributed by atoms with Gasteiger partial charge in [0.05, 0.1) is 31.3 Å². The number of rotatable bonds is 3. The summed E-state index contributed by atoms with van der Waals surface area (Å²) in [5, 5.41) is 6.66. The molecule has 1 unspecified atom stereocenters. The van der Waals surface area contributed by atoms with Crippen molar-refractivity contribution in [3.63, 3.8) is 0 Å². The quantitative estimate of drug-likeness (QED) is 0.579. The molecule has 2 N–H and O–H groups in total. The van der Waals surface area contributed by atoms with Crippen LogP contribution in [0.5, 0.6) is 11.5 Å². The lowest BCUT2D eigenvalue weighted by Gasteiger charge is -2.24. The first kappa shape index (κ1) is 15.9. The van der Waals surface area contributed by atoms with Gasteiger partial charge < -0.3 is 14.5 Å². The van der Waals surface area contributed by atoms with Crippen LogP contribution in [0.4, 0.5) is 4.39 Å². The van der Waals surface area contributed by atoms with Gasteiger partial charge in [-0.1, -0.05) is 0 Å². The summed E-state index contributed by atoms with van der Waals surface area (Å²) in [4.78, 5) is 7.79. The average Bonchev–Trinajstić information content (AvgIpc) is 3.37. The molecule has 0 saturated carbocycles. The summed E-state index contributed by atoms with van der Waals surface area (Å²) in [7, 11) is 1.64. The van der Waals surface area contributed by atoms with E-state index in [9.17, 15) is 4.39 Å². The van der Waals surface area contributed by atoms with Gasteiger partial charge in [0.15, 0.2) is 0 Å². The normalized spacial score (nSPS) is 16.1. The van der Waals surface area contributed by atoms with Crippen molar-refractivity contribution in [1.82, 2.24) is 20.2 Å². The number of nitrogens with zero attached hydrogens (tertiary/aromatic N) is 2. The molecule has 4 aromatic rings. The van der Waals surface area contributed by atoms with Crippen molar-refractivity contribution in [3.05, 3.63) is 59.9 Å². The second kappa shape index (κ2) is 6.12. The summed E-state index contributed by atoms with van der Waals surface area (Å²) in [5.41, 5.74) is 3.63. The van der Waals surface area contributed by atoms with Gasteiger partial charge in [0, 0.05) is 11.8 Å². The van der Waals surface area contributed by atoms with Crippen LogP contribution in [0.25, 0.3) is 22.2 Å². The zero-order valence-corrected chi connectivity index (χ0v) is 14.6. The summed E-state index contributed by atoms with van der Waals surface area (Å²) in [6.45, 7) is 0.495. The number of nitrogens with one attached hydrogen (secondary N) is 2. The number of imidazole rings is 1. The van der Waals surface area contributed by atoms with Crippen LogP contribution in [-0.4, -0.2) is 33.9 Å². The van der Waals surface area contributed by atoms with Gasteiger partial charge in [-0.15, -0.1) is 0 Å².